The molecular formula is C9H18N2OS. The summed E-state index contributed by atoms with van der Waals surface area (Å²) in [6.45, 7) is 2.72. The summed E-state index contributed by atoms with van der Waals surface area (Å²) in [6, 6.07) is -0.204. The van der Waals surface area contributed by atoms with Gasteiger partial charge in [0.25, 0.3) is 0 Å². The minimum Gasteiger partial charge on any atom is -0.368 e. The summed E-state index contributed by atoms with van der Waals surface area (Å²) in [5.41, 5.74) is 5.16. The van der Waals surface area contributed by atoms with Crippen LogP contribution in [0, 0.1) is 0 Å². The molecule has 0 aromatic carbocycles. The lowest BCUT2D eigenvalue weighted by atomic mass is 9.84. The van der Waals surface area contributed by atoms with Gasteiger partial charge in [-0.3, -0.25) is 4.79 Å². The molecule has 1 amide bonds. The van der Waals surface area contributed by atoms with Crippen molar-refractivity contribution in [2.75, 3.05) is 12.8 Å². The molecule has 0 aliphatic heterocycles. The number of hydrogen-bond acceptors (Lipinski definition) is 3. The van der Waals surface area contributed by atoms with E-state index in [1.165, 1.54) is 19.3 Å². The van der Waals surface area contributed by atoms with E-state index in [9.17, 15) is 4.79 Å². The number of amides is 1. The molecule has 0 spiro atoms. The second kappa shape index (κ2) is 4.33. The van der Waals surface area contributed by atoms with E-state index in [0.29, 0.717) is 4.75 Å². The van der Waals surface area contributed by atoms with Crippen molar-refractivity contribution >= 4 is 17.7 Å². The number of carbonyl (C=O) groups excluding carboxylic acids is 1. The predicted octanol–water partition coefficient (Wildman–Crippen LogP) is 0.735. The maximum absolute atomic E-state index is 10.8. The van der Waals surface area contributed by atoms with Crippen LogP contribution in [0.1, 0.15) is 26.2 Å². The number of thioether (sulfide) groups is 1. The maximum atomic E-state index is 10.8. The summed E-state index contributed by atoms with van der Waals surface area (Å²) in [5, 5.41) is 3.18. The normalized spacial score (nSPS) is 22.0. The molecule has 0 heterocycles. The van der Waals surface area contributed by atoms with Crippen LogP contribution in [-0.2, 0) is 4.79 Å². The maximum Gasteiger partial charge on any atom is 0.234 e. The van der Waals surface area contributed by atoms with Crippen molar-refractivity contribution in [2.45, 2.75) is 37.0 Å². The van der Waals surface area contributed by atoms with Crippen molar-refractivity contribution in [1.29, 1.82) is 0 Å². The van der Waals surface area contributed by atoms with Crippen LogP contribution in [0.4, 0.5) is 0 Å². The third-order valence-corrected chi connectivity index (χ3v) is 4.27. The van der Waals surface area contributed by atoms with Gasteiger partial charge in [-0.25, -0.2) is 0 Å². The number of nitrogens with one attached hydrogen (secondary N) is 1. The highest BCUT2D eigenvalue weighted by Crippen LogP contribution is 2.42. The number of rotatable bonds is 5. The Balaban J connectivity index is 2.28. The van der Waals surface area contributed by atoms with Gasteiger partial charge in [0.15, 0.2) is 0 Å². The first-order chi connectivity index (χ1) is 6.09. The SMILES string of the molecule is CSC1(CNC(C)C(N)=O)CCC1. The molecule has 1 fully saturated rings. The average molecular weight is 202 g/mol. The smallest absolute Gasteiger partial charge is 0.234 e. The zero-order valence-electron chi connectivity index (χ0n) is 8.30. The molecule has 1 aliphatic carbocycles. The Morgan fingerprint density at radius 3 is 2.62 bits per heavy atom. The Hall–Kier alpha value is -0.220. The van der Waals surface area contributed by atoms with Gasteiger partial charge >= 0.3 is 0 Å². The summed E-state index contributed by atoms with van der Waals surface area (Å²) in [5.74, 6) is -0.268. The Bertz CT molecular complexity index is 187. The number of nitrogens with two attached hydrogens (primary N) is 1. The lowest BCUT2D eigenvalue weighted by Gasteiger charge is -2.41. The lowest BCUT2D eigenvalue weighted by Crippen LogP contribution is -2.49. The molecule has 0 radical (unpaired) electrons. The second-order valence-electron chi connectivity index (χ2n) is 3.75. The van der Waals surface area contributed by atoms with Crippen molar-refractivity contribution < 1.29 is 4.79 Å². The van der Waals surface area contributed by atoms with E-state index in [-0.39, 0.29) is 11.9 Å². The molecule has 76 valence electrons. The van der Waals surface area contributed by atoms with Crippen LogP contribution >= 0.6 is 11.8 Å². The summed E-state index contributed by atoms with van der Waals surface area (Å²) >= 11 is 1.90. The fraction of sp³-hybridized carbons (Fsp3) is 0.889. The van der Waals surface area contributed by atoms with Crippen molar-refractivity contribution in [3.05, 3.63) is 0 Å². The third kappa shape index (κ3) is 2.61. The van der Waals surface area contributed by atoms with E-state index in [1.807, 2.05) is 18.7 Å². The topological polar surface area (TPSA) is 55.1 Å². The minimum absolute atomic E-state index is 0.204. The first-order valence-electron chi connectivity index (χ1n) is 4.67. The third-order valence-electron chi connectivity index (χ3n) is 2.85. The Morgan fingerprint density at radius 2 is 2.31 bits per heavy atom. The monoisotopic (exact) mass is 202 g/mol. The van der Waals surface area contributed by atoms with Gasteiger partial charge < -0.3 is 11.1 Å². The van der Waals surface area contributed by atoms with Crippen molar-refractivity contribution in [2.24, 2.45) is 5.73 Å². The summed E-state index contributed by atoms with van der Waals surface area (Å²) in [4.78, 5) is 10.8. The second-order valence-corrected chi connectivity index (χ2v) is 5.02. The molecule has 3 nitrogen and oxygen atoms in total. The zero-order valence-corrected chi connectivity index (χ0v) is 9.12. The molecule has 1 saturated carbocycles. The highest BCUT2D eigenvalue weighted by molar-refractivity contribution is 8.00. The molecule has 1 atom stereocenters. The lowest BCUT2D eigenvalue weighted by molar-refractivity contribution is -0.119. The summed E-state index contributed by atoms with van der Waals surface area (Å²) < 4.78 is 0.379. The number of hydrogen-bond donors (Lipinski definition) is 2. The van der Waals surface area contributed by atoms with Gasteiger partial charge in [-0.05, 0) is 26.0 Å². The summed E-state index contributed by atoms with van der Waals surface area (Å²) in [7, 11) is 0. The van der Waals surface area contributed by atoms with Crippen LogP contribution < -0.4 is 11.1 Å². The standard InChI is InChI=1S/C9H18N2OS/c1-7(8(10)12)11-6-9(13-2)4-3-5-9/h7,11H,3-6H2,1-2H3,(H2,10,12). The molecular weight excluding hydrogens is 184 g/mol. The van der Waals surface area contributed by atoms with Crippen molar-refractivity contribution in [3.63, 3.8) is 0 Å². The number of carbonyl (C=O) groups is 1. The van der Waals surface area contributed by atoms with Crippen LogP contribution in [0.15, 0.2) is 0 Å². The molecule has 3 N–H and O–H groups in total. The van der Waals surface area contributed by atoms with Crippen molar-refractivity contribution in [1.82, 2.24) is 5.32 Å². The van der Waals surface area contributed by atoms with E-state index in [1.54, 1.807) is 0 Å². The van der Waals surface area contributed by atoms with Crippen LogP contribution in [0.5, 0.6) is 0 Å². The predicted molar refractivity (Wildman–Crippen MR) is 56.8 cm³/mol. The largest absolute Gasteiger partial charge is 0.368 e. The van der Waals surface area contributed by atoms with Gasteiger partial charge in [0.2, 0.25) is 5.91 Å². The fourth-order valence-corrected chi connectivity index (χ4v) is 2.39. The molecule has 1 aliphatic rings. The summed E-state index contributed by atoms with van der Waals surface area (Å²) in [6.07, 6.45) is 5.96. The van der Waals surface area contributed by atoms with Crippen LogP contribution in [0.2, 0.25) is 0 Å². The first-order valence-corrected chi connectivity index (χ1v) is 5.90. The highest BCUT2D eigenvalue weighted by Gasteiger charge is 2.36. The Morgan fingerprint density at radius 1 is 1.69 bits per heavy atom. The van der Waals surface area contributed by atoms with Crippen LogP contribution in [0.25, 0.3) is 0 Å². The fourth-order valence-electron chi connectivity index (χ4n) is 1.46. The Labute approximate surface area is 83.8 Å². The first kappa shape index (κ1) is 10.9. The quantitative estimate of drug-likeness (QED) is 0.691. The molecule has 0 aromatic rings. The van der Waals surface area contributed by atoms with Gasteiger partial charge in [-0.2, -0.15) is 11.8 Å². The molecule has 1 rings (SSSR count). The molecule has 0 saturated heterocycles. The minimum atomic E-state index is -0.268. The van der Waals surface area contributed by atoms with Gasteiger partial charge in [-0.15, -0.1) is 0 Å². The molecule has 0 aromatic heterocycles. The van der Waals surface area contributed by atoms with Crippen LogP contribution in [0.3, 0.4) is 0 Å². The van der Waals surface area contributed by atoms with E-state index >= 15 is 0 Å². The van der Waals surface area contributed by atoms with Crippen LogP contribution in [-0.4, -0.2) is 29.5 Å². The van der Waals surface area contributed by atoms with Gasteiger partial charge in [0.1, 0.15) is 0 Å². The van der Waals surface area contributed by atoms with E-state index in [4.69, 9.17) is 5.73 Å². The van der Waals surface area contributed by atoms with Gasteiger partial charge in [0.05, 0.1) is 6.04 Å². The zero-order chi connectivity index (χ0) is 9.90. The van der Waals surface area contributed by atoms with Gasteiger partial charge in [-0.1, -0.05) is 6.42 Å². The average Bonchev–Trinajstić information content (AvgIpc) is 2.02. The van der Waals surface area contributed by atoms with E-state index in [2.05, 4.69) is 11.6 Å². The molecule has 0 bridgehead atoms. The molecule has 1 unspecified atom stereocenters. The molecule has 4 heteroatoms. The van der Waals surface area contributed by atoms with Gasteiger partial charge in [0, 0.05) is 11.3 Å². The number of primary amides is 1. The highest BCUT2D eigenvalue weighted by atomic mass is 32.2. The van der Waals surface area contributed by atoms with E-state index in [0.717, 1.165) is 6.54 Å². The van der Waals surface area contributed by atoms with E-state index < -0.39 is 0 Å². The molecule has 13 heavy (non-hydrogen) atoms. The van der Waals surface area contributed by atoms with Crippen molar-refractivity contribution in [3.8, 4) is 0 Å². The Kier molecular flexibility index (Phi) is 3.62.